The summed E-state index contributed by atoms with van der Waals surface area (Å²) in [7, 11) is 0. The van der Waals surface area contributed by atoms with Gasteiger partial charge in [0.05, 0.1) is 6.04 Å². The third-order valence-electron chi connectivity index (χ3n) is 4.21. The summed E-state index contributed by atoms with van der Waals surface area (Å²) in [5.74, 6) is -1.69. The SMILES string of the molecule is CSCCC(N)C(=O)NC(CCCN=C(N)N)C(=O)NC(CCSC)C(=O)NCC(=O)O. The van der Waals surface area contributed by atoms with Crippen LogP contribution in [0.2, 0.25) is 0 Å². The number of hydrogen-bond donors (Lipinski definition) is 7. The molecule has 32 heavy (non-hydrogen) atoms. The van der Waals surface area contributed by atoms with E-state index in [1.165, 1.54) is 11.8 Å². The van der Waals surface area contributed by atoms with Gasteiger partial charge in [-0.25, -0.2) is 0 Å². The Morgan fingerprint density at radius 1 is 0.906 bits per heavy atom. The molecule has 0 bridgehead atoms. The average molecular weight is 494 g/mol. The Balaban J connectivity index is 5.26. The Bertz CT molecular complexity index is 647. The highest BCUT2D eigenvalue weighted by Crippen LogP contribution is 2.06. The lowest BCUT2D eigenvalue weighted by atomic mass is 10.1. The molecule has 3 atom stereocenters. The monoisotopic (exact) mass is 493 g/mol. The number of rotatable bonds is 17. The molecule has 0 saturated carbocycles. The first-order valence-corrected chi connectivity index (χ1v) is 12.8. The van der Waals surface area contributed by atoms with Crippen molar-refractivity contribution in [3.05, 3.63) is 0 Å². The molecule has 12 nitrogen and oxygen atoms in total. The normalized spacial score (nSPS) is 13.3. The molecule has 0 aromatic heterocycles. The van der Waals surface area contributed by atoms with Gasteiger partial charge in [-0.1, -0.05) is 0 Å². The first-order chi connectivity index (χ1) is 15.1. The number of hydrogen-bond acceptors (Lipinski definition) is 8. The summed E-state index contributed by atoms with van der Waals surface area (Å²) in [6, 6.07) is -2.68. The molecule has 0 rings (SSSR count). The van der Waals surface area contributed by atoms with Crippen LogP contribution in [-0.2, 0) is 19.2 Å². The van der Waals surface area contributed by atoms with Gasteiger partial charge in [-0.3, -0.25) is 24.2 Å². The quantitative estimate of drug-likeness (QED) is 0.0674. The van der Waals surface area contributed by atoms with Gasteiger partial charge in [-0.05, 0) is 49.7 Å². The fourth-order valence-electron chi connectivity index (χ4n) is 2.49. The number of amides is 3. The first-order valence-electron chi connectivity index (χ1n) is 10.0. The van der Waals surface area contributed by atoms with E-state index < -0.39 is 48.4 Å². The van der Waals surface area contributed by atoms with Crippen LogP contribution in [0.4, 0.5) is 0 Å². The van der Waals surface area contributed by atoms with E-state index in [9.17, 15) is 19.2 Å². The van der Waals surface area contributed by atoms with Gasteiger partial charge in [-0.15, -0.1) is 0 Å². The molecule has 14 heteroatoms. The zero-order valence-corrected chi connectivity index (χ0v) is 20.1. The van der Waals surface area contributed by atoms with Crippen LogP contribution in [0, 0.1) is 0 Å². The predicted molar refractivity (Wildman–Crippen MR) is 128 cm³/mol. The number of carbonyl (C=O) groups excluding carboxylic acids is 3. The van der Waals surface area contributed by atoms with Crippen LogP contribution in [0.3, 0.4) is 0 Å². The largest absolute Gasteiger partial charge is 0.480 e. The van der Waals surface area contributed by atoms with Crippen molar-refractivity contribution in [1.29, 1.82) is 0 Å². The number of nitrogens with two attached hydrogens (primary N) is 3. The summed E-state index contributed by atoms with van der Waals surface area (Å²) in [6.07, 6.45) is 5.10. The van der Waals surface area contributed by atoms with Crippen molar-refractivity contribution in [2.75, 3.05) is 37.1 Å². The van der Waals surface area contributed by atoms with Crippen molar-refractivity contribution >= 4 is 53.2 Å². The molecule has 0 aliphatic carbocycles. The number of carboxylic acid groups (broad SMARTS) is 1. The maximum Gasteiger partial charge on any atom is 0.322 e. The Hall–Kier alpha value is -2.19. The van der Waals surface area contributed by atoms with E-state index in [0.717, 1.165) is 0 Å². The Morgan fingerprint density at radius 3 is 2.03 bits per heavy atom. The highest BCUT2D eigenvalue weighted by Gasteiger charge is 2.27. The van der Waals surface area contributed by atoms with Crippen LogP contribution in [0.1, 0.15) is 25.7 Å². The van der Waals surface area contributed by atoms with E-state index in [1.807, 2.05) is 12.5 Å². The molecule has 0 fully saturated rings. The molecule has 0 aromatic carbocycles. The lowest BCUT2D eigenvalue weighted by Gasteiger charge is -2.24. The van der Waals surface area contributed by atoms with E-state index in [-0.39, 0.29) is 18.9 Å². The highest BCUT2D eigenvalue weighted by molar-refractivity contribution is 7.98. The van der Waals surface area contributed by atoms with Crippen LogP contribution < -0.4 is 33.2 Å². The van der Waals surface area contributed by atoms with Gasteiger partial charge in [0, 0.05) is 6.54 Å². The second-order valence-corrected chi connectivity index (χ2v) is 8.82. The number of aliphatic carboxylic acids is 1. The van der Waals surface area contributed by atoms with Crippen LogP contribution in [-0.4, -0.2) is 90.0 Å². The lowest BCUT2D eigenvalue weighted by molar-refractivity contribution is -0.138. The molecule has 0 aliphatic heterocycles. The van der Waals surface area contributed by atoms with Crippen molar-refractivity contribution < 1.29 is 24.3 Å². The fraction of sp³-hybridized carbons (Fsp3) is 0.722. The van der Waals surface area contributed by atoms with Gasteiger partial charge < -0.3 is 38.3 Å². The van der Waals surface area contributed by atoms with Crippen molar-refractivity contribution in [1.82, 2.24) is 16.0 Å². The van der Waals surface area contributed by atoms with E-state index in [4.69, 9.17) is 22.3 Å². The number of carbonyl (C=O) groups is 4. The summed E-state index contributed by atoms with van der Waals surface area (Å²) in [6.45, 7) is -0.303. The zero-order chi connectivity index (χ0) is 24.5. The predicted octanol–water partition coefficient (Wildman–Crippen LogP) is -1.96. The molecule has 0 radical (unpaired) electrons. The molecule has 0 saturated heterocycles. The van der Waals surface area contributed by atoms with Gasteiger partial charge >= 0.3 is 5.97 Å². The molecule has 3 unspecified atom stereocenters. The van der Waals surface area contributed by atoms with E-state index in [0.29, 0.717) is 30.8 Å². The van der Waals surface area contributed by atoms with E-state index >= 15 is 0 Å². The van der Waals surface area contributed by atoms with E-state index in [1.54, 1.807) is 11.8 Å². The van der Waals surface area contributed by atoms with E-state index in [2.05, 4.69) is 20.9 Å². The molecule has 0 spiro atoms. The zero-order valence-electron chi connectivity index (χ0n) is 18.5. The van der Waals surface area contributed by atoms with Gasteiger partial charge in [0.25, 0.3) is 0 Å². The molecule has 0 aliphatic rings. The summed E-state index contributed by atoms with van der Waals surface area (Å²) in [5.41, 5.74) is 16.5. The van der Waals surface area contributed by atoms with Gasteiger partial charge in [0.1, 0.15) is 18.6 Å². The Labute approximate surface area is 196 Å². The number of aliphatic imine (C=N–C) groups is 1. The number of nitrogens with one attached hydrogen (secondary N) is 3. The average Bonchev–Trinajstić information content (AvgIpc) is 2.74. The number of guanidine groups is 1. The number of nitrogens with zero attached hydrogens (tertiary/aromatic N) is 1. The summed E-state index contributed by atoms with van der Waals surface area (Å²) < 4.78 is 0. The maximum absolute atomic E-state index is 12.9. The van der Waals surface area contributed by atoms with Crippen molar-refractivity contribution in [3.63, 3.8) is 0 Å². The van der Waals surface area contributed by atoms with Gasteiger partial charge in [-0.2, -0.15) is 23.5 Å². The minimum absolute atomic E-state index is 0.0821. The standard InChI is InChI=1S/C18H35N7O5S2/c1-31-8-5-11(19)15(28)24-12(4-3-7-22-18(20)21)17(30)25-13(6-9-32-2)16(29)23-10-14(26)27/h11-13H,3-10,19H2,1-2H3,(H,23,29)(H,24,28)(H,25,30)(H,26,27)(H4,20,21,22). The minimum atomic E-state index is -1.20. The van der Waals surface area contributed by atoms with Crippen molar-refractivity contribution in [2.24, 2.45) is 22.2 Å². The van der Waals surface area contributed by atoms with Crippen LogP contribution >= 0.6 is 23.5 Å². The maximum atomic E-state index is 12.9. The van der Waals surface area contributed by atoms with Crippen molar-refractivity contribution in [3.8, 4) is 0 Å². The molecular formula is C18H35N7O5S2. The highest BCUT2D eigenvalue weighted by atomic mass is 32.2. The molecular weight excluding hydrogens is 458 g/mol. The molecule has 3 amide bonds. The third kappa shape index (κ3) is 14.0. The van der Waals surface area contributed by atoms with Crippen LogP contribution in [0.15, 0.2) is 4.99 Å². The second kappa shape index (κ2) is 17.4. The number of carboxylic acids is 1. The summed E-state index contributed by atoms with van der Waals surface area (Å²) in [5, 5.41) is 16.3. The molecule has 184 valence electrons. The third-order valence-corrected chi connectivity index (χ3v) is 5.49. The van der Waals surface area contributed by atoms with Gasteiger partial charge in [0.15, 0.2) is 5.96 Å². The molecule has 0 aromatic rings. The molecule has 10 N–H and O–H groups in total. The smallest absolute Gasteiger partial charge is 0.322 e. The number of thioether (sulfide) groups is 2. The molecule has 0 heterocycles. The lowest BCUT2D eigenvalue weighted by Crippen LogP contribution is -2.56. The summed E-state index contributed by atoms with van der Waals surface area (Å²) >= 11 is 3.03. The van der Waals surface area contributed by atoms with Crippen LogP contribution in [0.5, 0.6) is 0 Å². The van der Waals surface area contributed by atoms with Crippen molar-refractivity contribution in [2.45, 2.75) is 43.8 Å². The first kappa shape index (κ1) is 29.8. The van der Waals surface area contributed by atoms with Crippen LogP contribution in [0.25, 0.3) is 0 Å². The topological polar surface area (TPSA) is 215 Å². The summed E-state index contributed by atoms with van der Waals surface area (Å²) in [4.78, 5) is 52.3. The second-order valence-electron chi connectivity index (χ2n) is 6.85. The fourth-order valence-corrected chi connectivity index (χ4v) is 3.45. The Morgan fingerprint density at radius 2 is 1.47 bits per heavy atom. The minimum Gasteiger partial charge on any atom is -0.480 e. The Kier molecular flexibility index (Phi) is 16.2. The van der Waals surface area contributed by atoms with Gasteiger partial charge in [0.2, 0.25) is 17.7 Å².